The highest BCUT2D eigenvalue weighted by Gasteiger charge is 2.20. The van der Waals surface area contributed by atoms with Crippen LogP contribution in [0.4, 0.5) is 0 Å². The minimum Gasteiger partial charge on any atom is -0.330 e. The summed E-state index contributed by atoms with van der Waals surface area (Å²) in [6, 6.07) is 0. The van der Waals surface area contributed by atoms with Crippen molar-refractivity contribution in [1.29, 1.82) is 0 Å². The van der Waals surface area contributed by atoms with E-state index in [4.69, 9.17) is 5.73 Å². The summed E-state index contributed by atoms with van der Waals surface area (Å²) in [7, 11) is 0. The van der Waals surface area contributed by atoms with Crippen molar-refractivity contribution in [3.63, 3.8) is 0 Å². The predicted molar refractivity (Wildman–Crippen MR) is 78.7 cm³/mol. The molecular formula is C11H21Cl2N3S. The summed E-state index contributed by atoms with van der Waals surface area (Å²) < 4.78 is 0. The number of aromatic nitrogens is 1. The Hall–Kier alpha value is 0.130. The van der Waals surface area contributed by atoms with Crippen molar-refractivity contribution in [2.45, 2.75) is 19.8 Å². The maximum absolute atomic E-state index is 5.68. The number of likely N-dealkylation sites (tertiary alicyclic amines) is 1. The molecule has 0 aromatic carbocycles. The second kappa shape index (κ2) is 8.27. The Morgan fingerprint density at radius 3 is 2.82 bits per heavy atom. The number of nitrogens with two attached hydrogens (primary N) is 1. The zero-order chi connectivity index (χ0) is 10.7. The van der Waals surface area contributed by atoms with E-state index in [1.54, 1.807) is 11.3 Å². The minimum absolute atomic E-state index is 0. The Labute approximate surface area is 120 Å². The van der Waals surface area contributed by atoms with E-state index in [1.165, 1.54) is 36.6 Å². The number of nitrogens with zero attached hydrogens (tertiary/aromatic N) is 2. The van der Waals surface area contributed by atoms with Gasteiger partial charge in [-0.3, -0.25) is 0 Å². The fraction of sp³-hybridized carbons (Fsp3) is 0.727. The quantitative estimate of drug-likeness (QED) is 0.926. The highest BCUT2D eigenvalue weighted by Crippen LogP contribution is 2.17. The molecule has 1 aromatic heterocycles. The Morgan fingerprint density at radius 1 is 1.53 bits per heavy atom. The smallest absolute Gasteiger partial charge is 0.0797 e. The van der Waals surface area contributed by atoms with E-state index >= 15 is 0 Å². The monoisotopic (exact) mass is 297 g/mol. The topological polar surface area (TPSA) is 42.2 Å². The van der Waals surface area contributed by atoms with Crippen LogP contribution < -0.4 is 5.73 Å². The number of halogens is 2. The van der Waals surface area contributed by atoms with Crippen molar-refractivity contribution in [2.24, 2.45) is 11.7 Å². The number of hydrogen-bond acceptors (Lipinski definition) is 4. The molecule has 1 aliphatic heterocycles. The van der Waals surface area contributed by atoms with Crippen LogP contribution in [-0.4, -0.2) is 36.1 Å². The molecule has 100 valence electrons. The van der Waals surface area contributed by atoms with E-state index in [0.29, 0.717) is 0 Å². The van der Waals surface area contributed by atoms with Gasteiger partial charge in [0.15, 0.2) is 0 Å². The minimum atomic E-state index is 0. The maximum atomic E-state index is 5.68. The highest BCUT2D eigenvalue weighted by molar-refractivity contribution is 7.09. The van der Waals surface area contributed by atoms with Gasteiger partial charge in [-0.15, -0.1) is 36.2 Å². The van der Waals surface area contributed by atoms with Crippen molar-refractivity contribution in [3.05, 3.63) is 16.1 Å². The summed E-state index contributed by atoms with van der Waals surface area (Å²) in [6.07, 6.45) is 2.42. The van der Waals surface area contributed by atoms with Gasteiger partial charge < -0.3 is 10.6 Å². The number of hydrogen-bond donors (Lipinski definition) is 1. The van der Waals surface area contributed by atoms with Crippen LogP contribution in [0.25, 0.3) is 0 Å². The molecule has 0 radical (unpaired) electrons. The fourth-order valence-electron chi connectivity index (χ4n) is 2.13. The van der Waals surface area contributed by atoms with Gasteiger partial charge >= 0.3 is 0 Å². The van der Waals surface area contributed by atoms with E-state index in [9.17, 15) is 0 Å². The Morgan fingerprint density at radius 2 is 2.29 bits per heavy atom. The van der Waals surface area contributed by atoms with Gasteiger partial charge in [-0.1, -0.05) is 0 Å². The van der Waals surface area contributed by atoms with Gasteiger partial charge in [-0.05, 0) is 38.8 Å². The van der Waals surface area contributed by atoms with Crippen molar-refractivity contribution in [3.8, 4) is 0 Å². The summed E-state index contributed by atoms with van der Waals surface area (Å²) in [5.74, 6) is 0.729. The van der Waals surface area contributed by atoms with Gasteiger partial charge in [0.1, 0.15) is 0 Å². The molecule has 6 heteroatoms. The van der Waals surface area contributed by atoms with Gasteiger partial charge in [-0.2, -0.15) is 0 Å². The molecule has 0 aliphatic carbocycles. The molecule has 0 saturated carbocycles. The van der Waals surface area contributed by atoms with E-state index < -0.39 is 0 Å². The van der Waals surface area contributed by atoms with Crippen LogP contribution in [-0.2, 0) is 6.42 Å². The first kappa shape index (κ1) is 17.1. The fourth-order valence-corrected chi connectivity index (χ4v) is 2.90. The Kier molecular flexibility index (Phi) is 8.33. The lowest BCUT2D eigenvalue weighted by atomic mass is 10.1. The molecule has 3 nitrogen and oxygen atoms in total. The van der Waals surface area contributed by atoms with Gasteiger partial charge in [-0.25, -0.2) is 4.98 Å². The molecule has 0 bridgehead atoms. The van der Waals surface area contributed by atoms with Gasteiger partial charge in [0, 0.05) is 18.0 Å². The SMILES string of the molecule is Cc1ncsc1CCN1CCC(CN)C1.Cl.Cl. The molecule has 1 atom stereocenters. The van der Waals surface area contributed by atoms with Crippen LogP contribution in [0.5, 0.6) is 0 Å². The first-order valence-corrected chi connectivity index (χ1v) is 6.49. The molecule has 1 aliphatic rings. The molecule has 2 heterocycles. The summed E-state index contributed by atoms with van der Waals surface area (Å²) in [6.45, 7) is 6.52. The van der Waals surface area contributed by atoms with Crippen LogP contribution >= 0.6 is 36.2 Å². The van der Waals surface area contributed by atoms with E-state index in [1.807, 2.05) is 5.51 Å². The number of thiazole rings is 1. The summed E-state index contributed by atoms with van der Waals surface area (Å²) in [4.78, 5) is 8.23. The van der Waals surface area contributed by atoms with Crippen LogP contribution in [0.3, 0.4) is 0 Å². The van der Waals surface area contributed by atoms with Crippen LogP contribution in [0.2, 0.25) is 0 Å². The zero-order valence-electron chi connectivity index (χ0n) is 10.1. The van der Waals surface area contributed by atoms with Crippen LogP contribution in [0.15, 0.2) is 5.51 Å². The molecule has 1 saturated heterocycles. The van der Waals surface area contributed by atoms with E-state index in [0.717, 1.165) is 18.9 Å². The molecular weight excluding hydrogens is 277 g/mol. The van der Waals surface area contributed by atoms with Crippen LogP contribution in [0.1, 0.15) is 17.0 Å². The number of aryl methyl sites for hydroxylation is 1. The lowest BCUT2D eigenvalue weighted by molar-refractivity contribution is 0.330. The van der Waals surface area contributed by atoms with Gasteiger partial charge in [0.2, 0.25) is 0 Å². The standard InChI is InChI=1S/C11H19N3S.2ClH/c1-9-11(15-8-13-9)3-5-14-4-2-10(6-12)7-14;;/h8,10H,2-7,12H2,1H3;2*1H. The molecule has 2 N–H and O–H groups in total. The summed E-state index contributed by atoms with van der Waals surface area (Å²) in [5, 5.41) is 0. The second-order valence-electron chi connectivity index (χ2n) is 4.30. The third-order valence-electron chi connectivity index (χ3n) is 3.20. The molecule has 1 aromatic rings. The van der Waals surface area contributed by atoms with Crippen molar-refractivity contribution < 1.29 is 0 Å². The normalized spacial score (nSPS) is 19.8. The molecule has 1 fully saturated rings. The summed E-state index contributed by atoms with van der Waals surface area (Å²) in [5.41, 5.74) is 8.82. The molecule has 17 heavy (non-hydrogen) atoms. The molecule has 0 amide bonds. The average molecular weight is 298 g/mol. The Balaban J connectivity index is 0.00000128. The van der Waals surface area contributed by atoms with E-state index in [2.05, 4.69) is 16.8 Å². The van der Waals surface area contributed by atoms with Crippen molar-refractivity contribution >= 4 is 36.2 Å². The predicted octanol–water partition coefficient (Wildman–Crippen LogP) is 2.12. The second-order valence-corrected chi connectivity index (χ2v) is 5.24. The lowest BCUT2D eigenvalue weighted by Crippen LogP contribution is -2.25. The van der Waals surface area contributed by atoms with Gasteiger partial charge in [0.05, 0.1) is 11.2 Å². The zero-order valence-corrected chi connectivity index (χ0v) is 12.5. The third-order valence-corrected chi connectivity index (χ3v) is 4.20. The molecule has 1 unspecified atom stereocenters. The lowest BCUT2D eigenvalue weighted by Gasteiger charge is -2.14. The highest BCUT2D eigenvalue weighted by atomic mass is 35.5. The average Bonchev–Trinajstić information content (AvgIpc) is 2.84. The van der Waals surface area contributed by atoms with Gasteiger partial charge in [0.25, 0.3) is 0 Å². The molecule has 0 spiro atoms. The van der Waals surface area contributed by atoms with Crippen LogP contribution in [0, 0.1) is 12.8 Å². The first-order chi connectivity index (χ1) is 7.29. The summed E-state index contributed by atoms with van der Waals surface area (Å²) >= 11 is 1.78. The maximum Gasteiger partial charge on any atom is 0.0797 e. The molecule has 2 rings (SSSR count). The first-order valence-electron chi connectivity index (χ1n) is 5.61. The van der Waals surface area contributed by atoms with Crippen molar-refractivity contribution in [1.82, 2.24) is 9.88 Å². The largest absolute Gasteiger partial charge is 0.330 e. The number of rotatable bonds is 4. The van der Waals surface area contributed by atoms with E-state index in [-0.39, 0.29) is 24.8 Å². The Bertz CT molecular complexity index is 319. The van der Waals surface area contributed by atoms with Crippen molar-refractivity contribution in [2.75, 3.05) is 26.2 Å². The third kappa shape index (κ3) is 4.72.